The number of rotatable bonds is 4. The van der Waals surface area contributed by atoms with Crippen molar-refractivity contribution in [2.75, 3.05) is 27.2 Å². The third-order valence-electron chi connectivity index (χ3n) is 1.23. The van der Waals surface area contributed by atoms with E-state index < -0.39 is 0 Å². The van der Waals surface area contributed by atoms with Gasteiger partial charge in [0.05, 0.1) is 0 Å². The molecule has 0 aliphatic heterocycles. The van der Waals surface area contributed by atoms with Gasteiger partial charge in [0.2, 0.25) is 5.91 Å². The SMILES string of the molecule is C=C(C)C(=O)NCCN(C)C.Cl. The third-order valence-corrected chi connectivity index (χ3v) is 1.23. The minimum atomic E-state index is -0.0631. The maximum absolute atomic E-state index is 10.9. The topological polar surface area (TPSA) is 32.3 Å². The molecule has 3 nitrogen and oxygen atoms in total. The molecular weight excluding hydrogens is 176 g/mol. The second-order valence-corrected chi connectivity index (χ2v) is 2.84. The first-order chi connectivity index (χ1) is 5.04. The zero-order chi connectivity index (χ0) is 8.85. The third kappa shape index (κ3) is 7.57. The van der Waals surface area contributed by atoms with E-state index in [9.17, 15) is 4.79 Å². The standard InChI is InChI=1S/C8H16N2O.ClH/c1-7(2)8(11)9-5-6-10(3)4;/h1,5-6H2,2-4H3,(H,9,11);1H. The van der Waals surface area contributed by atoms with Crippen LogP contribution < -0.4 is 5.32 Å². The van der Waals surface area contributed by atoms with E-state index in [1.54, 1.807) is 6.92 Å². The number of nitrogens with zero attached hydrogens (tertiary/aromatic N) is 1. The molecule has 0 heterocycles. The Kier molecular flexibility index (Phi) is 8.32. The fraction of sp³-hybridized carbons (Fsp3) is 0.625. The van der Waals surface area contributed by atoms with Gasteiger partial charge in [-0.25, -0.2) is 0 Å². The number of amides is 1. The summed E-state index contributed by atoms with van der Waals surface area (Å²) < 4.78 is 0. The van der Waals surface area contributed by atoms with Crippen molar-refractivity contribution in [2.45, 2.75) is 6.92 Å². The Morgan fingerprint density at radius 3 is 2.33 bits per heavy atom. The fourth-order valence-corrected chi connectivity index (χ4v) is 0.544. The maximum atomic E-state index is 10.9. The lowest BCUT2D eigenvalue weighted by Crippen LogP contribution is -2.31. The number of hydrogen-bond acceptors (Lipinski definition) is 2. The molecule has 0 spiro atoms. The Bertz CT molecular complexity index is 157. The molecule has 0 bridgehead atoms. The molecule has 0 aromatic carbocycles. The molecular formula is C8H17ClN2O. The highest BCUT2D eigenvalue weighted by atomic mass is 35.5. The molecule has 0 aliphatic rings. The van der Waals surface area contributed by atoms with Crippen molar-refractivity contribution in [3.63, 3.8) is 0 Å². The highest BCUT2D eigenvalue weighted by Gasteiger charge is 1.99. The summed E-state index contributed by atoms with van der Waals surface area (Å²) in [5.74, 6) is -0.0631. The van der Waals surface area contributed by atoms with Crippen LogP contribution in [-0.4, -0.2) is 38.0 Å². The van der Waals surface area contributed by atoms with Gasteiger partial charge in [0.1, 0.15) is 0 Å². The Balaban J connectivity index is 0. The lowest BCUT2D eigenvalue weighted by atomic mass is 10.3. The average Bonchev–Trinajstić information content (AvgIpc) is 1.86. The highest BCUT2D eigenvalue weighted by molar-refractivity contribution is 5.92. The number of hydrogen-bond donors (Lipinski definition) is 1. The molecule has 0 fully saturated rings. The first-order valence-corrected chi connectivity index (χ1v) is 3.62. The number of halogens is 1. The zero-order valence-corrected chi connectivity index (χ0v) is 8.70. The molecule has 12 heavy (non-hydrogen) atoms. The van der Waals surface area contributed by atoms with Gasteiger partial charge in [-0.05, 0) is 21.0 Å². The molecule has 4 heteroatoms. The average molecular weight is 193 g/mol. The second-order valence-electron chi connectivity index (χ2n) is 2.84. The summed E-state index contributed by atoms with van der Waals surface area (Å²) in [5, 5.41) is 2.73. The van der Waals surface area contributed by atoms with Crippen LogP contribution in [0.5, 0.6) is 0 Å². The molecule has 72 valence electrons. The van der Waals surface area contributed by atoms with Crippen LogP contribution in [0.15, 0.2) is 12.2 Å². The van der Waals surface area contributed by atoms with E-state index in [4.69, 9.17) is 0 Å². The monoisotopic (exact) mass is 192 g/mol. The predicted octanol–water partition coefficient (Wildman–Crippen LogP) is 0.662. The van der Waals surface area contributed by atoms with Crippen LogP contribution in [0.25, 0.3) is 0 Å². The molecule has 0 atom stereocenters. The minimum absolute atomic E-state index is 0. The molecule has 1 N–H and O–H groups in total. The molecule has 0 aromatic rings. The second kappa shape index (κ2) is 7.13. The van der Waals surface area contributed by atoms with E-state index in [0.717, 1.165) is 6.54 Å². The van der Waals surface area contributed by atoms with E-state index in [1.165, 1.54) is 0 Å². The lowest BCUT2D eigenvalue weighted by molar-refractivity contribution is -0.117. The summed E-state index contributed by atoms with van der Waals surface area (Å²) in [6.45, 7) is 6.77. The summed E-state index contributed by atoms with van der Waals surface area (Å²) >= 11 is 0. The minimum Gasteiger partial charge on any atom is -0.351 e. The molecule has 0 rings (SSSR count). The van der Waals surface area contributed by atoms with Crippen molar-refractivity contribution >= 4 is 18.3 Å². The maximum Gasteiger partial charge on any atom is 0.246 e. The number of carbonyl (C=O) groups is 1. The van der Waals surface area contributed by atoms with Crippen LogP contribution >= 0.6 is 12.4 Å². The summed E-state index contributed by atoms with van der Waals surface area (Å²) in [6.07, 6.45) is 0. The van der Waals surface area contributed by atoms with E-state index >= 15 is 0 Å². The van der Waals surface area contributed by atoms with Gasteiger partial charge in [-0.3, -0.25) is 4.79 Å². The normalized spacial score (nSPS) is 9.00. The Morgan fingerprint density at radius 2 is 2.00 bits per heavy atom. The summed E-state index contributed by atoms with van der Waals surface area (Å²) in [7, 11) is 3.93. The van der Waals surface area contributed by atoms with E-state index in [0.29, 0.717) is 12.1 Å². The largest absolute Gasteiger partial charge is 0.351 e. The molecule has 0 aliphatic carbocycles. The molecule has 0 saturated carbocycles. The van der Waals surface area contributed by atoms with E-state index in [2.05, 4.69) is 11.9 Å². The quantitative estimate of drug-likeness (QED) is 0.664. The molecule has 1 amide bonds. The van der Waals surface area contributed by atoms with Crippen LogP contribution in [0.4, 0.5) is 0 Å². The first-order valence-electron chi connectivity index (χ1n) is 3.62. The lowest BCUT2D eigenvalue weighted by Gasteiger charge is -2.09. The Hall–Kier alpha value is -0.540. The van der Waals surface area contributed by atoms with Gasteiger partial charge < -0.3 is 10.2 Å². The predicted molar refractivity (Wildman–Crippen MR) is 53.6 cm³/mol. The van der Waals surface area contributed by atoms with Gasteiger partial charge in [0.15, 0.2) is 0 Å². The summed E-state index contributed by atoms with van der Waals surface area (Å²) in [4.78, 5) is 12.9. The fourth-order valence-electron chi connectivity index (χ4n) is 0.544. The molecule has 0 radical (unpaired) electrons. The molecule has 0 unspecified atom stereocenters. The van der Waals surface area contributed by atoms with Crippen molar-refractivity contribution in [3.8, 4) is 0 Å². The zero-order valence-electron chi connectivity index (χ0n) is 7.89. The van der Waals surface area contributed by atoms with Gasteiger partial charge in [-0.1, -0.05) is 6.58 Å². The van der Waals surface area contributed by atoms with Crippen LogP contribution in [0.1, 0.15) is 6.92 Å². The van der Waals surface area contributed by atoms with E-state index in [-0.39, 0.29) is 18.3 Å². The molecule has 0 aromatic heterocycles. The van der Waals surface area contributed by atoms with Gasteiger partial charge >= 0.3 is 0 Å². The van der Waals surface area contributed by atoms with Crippen LogP contribution in [-0.2, 0) is 4.79 Å². The van der Waals surface area contributed by atoms with Crippen molar-refractivity contribution in [1.82, 2.24) is 10.2 Å². The van der Waals surface area contributed by atoms with Crippen molar-refractivity contribution in [3.05, 3.63) is 12.2 Å². The van der Waals surface area contributed by atoms with Gasteiger partial charge in [0.25, 0.3) is 0 Å². The van der Waals surface area contributed by atoms with Crippen LogP contribution in [0.2, 0.25) is 0 Å². The molecule has 0 saturated heterocycles. The smallest absolute Gasteiger partial charge is 0.246 e. The van der Waals surface area contributed by atoms with Gasteiger partial charge in [-0.15, -0.1) is 12.4 Å². The highest BCUT2D eigenvalue weighted by Crippen LogP contribution is 1.84. The number of likely N-dealkylation sites (N-methyl/N-ethyl adjacent to an activating group) is 1. The van der Waals surface area contributed by atoms with Gasteiger partial charge in [-0.2, -0.15) is 0 Å². The summed E-state index contributed by atoms with van der Waals surface area (Å²) in [6, 6.07) is 0. The van der Waals surface area contributed by atoms with Crippen LogP contribution in [0, 0.1) is 0 Å². The van der Waals surface area contributed by atoms with E-state index in [1.807, 2.05) is 19.0 Å². The summed E-state index contributed by atoms with van der Waals surface area (Å²) in [5.41, 5.74) is 0.559. The first kappa shape index (κ1) is 14.0. The van der Waals surface area contributed by atoms with Gasteiger partial charge in [0, 0.05) is 18.7 Å². The van der Waals surface area contributed by atoms with Crippen molar-refractivity contribution < 1.29 is 4.79 Å². The van der Waals surface area contributed by atoms with Crippen LogP contribution in [0.3, 0.4) is 0 Å². The van der Waals surface area contributed by atoms with Crippen molar-refractivity contribution in [2.24, 2.45) is 0 Å². The Labute approximate surface area is 80.2 Å². The number of carbonyl (C=O) groups excluding carboxylic acids is 1. The number of nitrogens with one attached hydrogen (secondary N) is 1. The Morgan fingerprint density at radius 1 is 1.50 bits per heavy atom. The van der Waals surface area contributed by atoms with Crippen molar-refractivity contribution in [1.29, 1.82) is 0 Å².